The zero-order valence-corrected chi connectivity index (χ0v) is 20.7. The largest absolute Gasteiger partial charge is 0.394 e. The Morgan fingerprint density at radius 3 is 2.66 bits per heavy atom. The van der Waals surface area contributed by atoms with Crippen LogP contribution >= 0.6 is 11.6 Å². The number of pyridine rings is 2. The van der Waals surface area contributed by atoms with E-state index >= 15 is 0 Å². The van der Waals surface area contributed by atoms with E-state index in [-0.39, 0.29) is 18.2 Å². The van der Waals surface area contributed by atoms with E-state index in [0.717, 1.165) is 33.2 Å². The molecule has 9 nitrogen and oxygen atoms in total. The number of anilines is 1. The summed E-state index contributed by atoms with van der Waals surface area (Å²) >= 11 is 6.22. The summed E-state index contributed by atoms with van der Waals surface area (Å²) in [4.78, 5) is 17.9. The molecule has 0 aliphatic rings. The summed E-state index contributed by atoms with van der Waals surface area (Å²) in [5.74, 6) is 0. The Morgan fingerprint density at radius 1 is 1.14 bits per heavy atom. The summed E-state index contributed by atoms with van der Waals surface area (Å²) in [5.41, 5.74) is 4.89. The molecular weight excluding hydrogens is 466 g/mol. The lowest BCUT2D eigenvalue weighted by atomic mass is 9.95. The molecule has 2 N–H and O–H groups in total. The number of hydrogen-bond donors (Lipinski definition) is 2. The molecule has 1 aromatic carbocycles. The van der Waals surface area contributed by atoms with Gasteiger partial charge in [-0.1, -0.05) is 17.7 Å². The topological polar surface area (TPSA) is 103 Å². The Hall–Kier alpha value is -3.69. The van der Waals surface area contributed by atoms with Crippen LogP contribution < -0.4 is 10.9 Å². The van der Waals surface area contributed by atoms with Gasteiger partial charge < -0.3 is 10.4 Å². The first-order valence-electron chi connectivity index (χ1n) is 11.3. The quantitative estimate of drug-likeness (QED) is 0.350. The first-order valence-corrected chi connectivity index (χ1v) is 11.7. The molecule has 0 spiro atoms. The lowest BCUT2D eigenvalue weighted by Crippen LogP contribution is -2.21. The van der Waals surface area contributed by atoms with Crippen LogP contribution in [0.2, 0.25) is 5.15 Å². The van der Waals surface area contributed by atoms with Crippen molar-refractivity contribution in [3.05, 3.63) is 69.5 Å². The predicted octanol–water partition coefficient (Wildman–Crippen LogP) is 3.81. The molecule has 1 atom stereocenters. The van der Waals surface area contributed by atoms with E-state index in [0.29, 0.717) is 28.4 Å². The highest BCUT2D eigenvalue weighted by atomic mass is 35.5. The van der Waals surface area contributed by atoms with Gasteiger partial charge in [-0.05, 0) is 43.2 Å². The molecule has 0 aliphatic carbocycles. The van der Waals surface area contributed by atoms with Gasteiger partial charge in [-0.25, -0.2) is 9.67 Å². The molecule has 35 heavy (non-hydrogen) atoms. The Balaban J connectivity index is 1.69. The van der Waals surface area contributed by atoms with E-state index in [2.05, 4.69) is 33.5 Å². The van der Waals surface area contributed by atoms with E-state index < -0.39 is 0 Å². The van der Waals surface area contributed by atoms with E-state index in [1.54, 1.807) is 39.4 Å². The zero-order valence-electron chi connectivity index (χ0n) is 19.9. The van der Waals surface area contributed by atoms with Gasteiger partial charge in [-0.3, -0.25) is 14.0 Å². The minimum Gasteiger partial charge on any atom is -0.394 e. The van der Waals surface area contributed by atoms with E-state index in [1.807, 2.05) is 32.3 Å². The summed E-state index contributed by atoms with van der Waals surface area (Å²) in [7, 11) is 3.59. The molecule has 0 saturated heterocycles. The smallest absolute Gasteiger partial charge is 0.259 e. The second-order valence-electron chi connectivity index (χ2n) is 8.77. The normalized spacial score (nSPS) is 12.5. The highest BCUT2D eigenvalue weighted by Crippen LogP contribution is 2.35. The van der Waals surface area contributed by atoms with Gasteiger partial charge in [0.25, 0.3) is 5.56 Å². The molecule has 10 heteroatoms. The molecule has 1 unspecified atom stereocenters. The maximum absolute atomic E-state index is 13.4. The van der Waals surface area contributed by atoms with Crippen LogP contribution in [0, 0.1) is 6.92 Å². The van der Waals surface area contributed by atoms with Gasteiger partial charge in [0.1, 0.15) is 10.8 Å². The van der Waals surface area contributed by atoms with Gasteiger partial charge >= 0.3 is 0 Å². The minimum absolute atomic E-state index is 0.0671. The summed E-state index contributed by atoms with van der Waals surface area (Å²) in [6.45, 7) is 4.28. The van der Waals surface area contributed by atoms with Gasteiger partial charge in [0.2, 0.25) is 0 Å². The first kappa shape index (κ1) is 23.1. The Bertz CT molecular complexity index is 1630. The number of aromatic nitrogens is 6. The number of aliphatic hydroxyl groups excluding tert-OH is 1. The fraction of sp³-hybridized carbons (Fsp3) is 0.280. The van der Waals surface area contributed by atoms with Gasteiger partial charge in [0.15, 0.2) is 0 Å². The Kier molecular flexibility index (Phi) is 5.82. The predicted molar refractivity (Wildman–Crippen MR) is 138 cm³/mol. The number of fused-ring (bicyclic) bond motifs is 3. The van der Waals surface area contributed by atoms with Crippen LogP contribution in [-0.2, 0) is 20.6 Å². The van der Waals surface area contributed by atoms with E-state index in [9.17, 15) is 9.90 Å². The molecule has 4 aromatic heterocycles. The first-order chi connectivity index (χ1) is 16.8. The van der Waals surface area contributed by atoms with Gasteiger partial charge in [-0.15, -0.1) is 0 Å². The SMILES string of the molecule is Cc1cc(C(C)Nc2ccc(Cl)nc2-c2cnn(C)c2)c2c(c1)c(=O)n(C)c1c2cnn1CCO. The fourth-order valence-corrected chi connectivity index (χ4v) is 4.84. The van der Waals surface area contributed by atoms with Crippen molar-refractivity contribution in [2.45, 2.75) is 26.4 Å². The molecule has 0 saturated carbocycles. The number of halogens is 1. The summed E-state index contributed by atoms with van der Waals surface area (Å²) < 4.78 is 4.99. The third-order valence-electron chi connectivity index (χ3n) is 6.24. The summed E-state index contributed by atoms with van der Waals surface area (Å²) in [6, 6.07) is 7.49. The highest BCUT2D eigenvalue weighted by Gasteiger charge is 2.21. The minimum atomic E-state index is -0.174. The van der Waals surface area contributed by atoms with E-state index in [4.69, 9.17) is 11.6 Å². The average Bonchev–Trinajstić information content (AvgIpc) is 3.44. The number of nitrogens with zero attached hydrogens (tertiary/aromatic N) is 6. The Labute approximate surface area is 206 Å². The van der Waals surface area contributed by atoms with Gasteiger partial charge in [0, 0.05) is 48.1 Å². The van der Waals surface area contributed by atoms with Crippen molar-refractivity contribution in [1.29, 1.82) is 0 Å². The average molecular weight is 492 g/mol. The molecule has 0 fully saturated rings. The van der Waals surface area contributed by atoms with Crippen molar-refractivity contribution >= 4 is 39.1 Å². The van der Waals surface area contributed by atoms with Crippen LogP contribution in [0.4, 0.5) is 5.69 Å². The van der Waals surface area contributed by atoms with Gasteiger partial charge in [-0.2, -0.15) is 10.2 Å². The Morgan fingerprint density at radius 2 is 1.94 bits per heavy atom. The third-order valence-corrected chi connectivity index (χ3v) is 6.45. The monoisotopic (exact) mass is 491 g/mol. The summed E-state index contributed by atoms with van der Waals surface area (Å²) in [6.07, 6.45) is 5.40. The number of benzene rings is 1. The maximum Gasteiger partial charge on any atom is 0.259 e. The van der Waals surface area contributed by atoms with Crippen LogP contribution in [0.5, 0.6) is 0 Å². The summed E-state index contributed by atoms with van der Waals surface area (Å²) in [5, 5.41) is 24.5. The van der Waals surface area contributed by atoms with Crippen molar-refractivity contribution in [1.82, 2.24) is 29.1 Å². The molecule has 5 rings (SSSR count). The van der Waals surface area contributed by atoms with Crippen LogP contribution in [0.1, 0.15) is 24.1 Å². The molecule has 0 amide bonds. The van der Waals surface area contributed by atoms with Crippen molar-refractivity contribution in [3.8, 4) is 11.3 Å². The molecule has 0 radical (unpaired) electrons. The fourth-order valence-electron chi connectivity index (χ4n) is 4.70. The van der Waals surface area contributed by atoms with Crippen molar-refractivity contribution in [3.63, 3.8) is 0 Å². The molecule has 4 heterocycles. The van der Waals surface area contributed by atoms with Crippen LogP contribution in [0.3, 0.4) is 0 Å². The van der Waals surface area contributed by atoms with Crippen LogP contribution in [-0.4, -0.2) is 40.8 Å². The van der Waals surface area contributed by atoms with Crippen LogP contribution in [0.15, 0.2) is 47.7 Å². The van der Waals surface area contributed by atoms with Crippen molar-refractivity contribution in [2.75, 3.05) is 11.9 Å². The number of aryl methyl sites for hydroxylation is 3. The van der Waals surface area contributed by atoms with Crippen LogP contribution in [0.25, 0.3) is 33.1 Å². The standard InChI is InChI=1S/C25H26ClN7O2/c1-14-9-17(15(2)29-20-5-6-21(26)30-23(20)16-11-27-31(3)13-16)22-18(10-14)25(35)32(4)24-19(22)12-28-33(24)7-8-34/h5-6,9-13,15,29,34H,7-8H2,1-4H3. The van der Waals surface area contributed by atoms with Crippen molar-refractivity contribution < 1.29 is 5.11 Å². The van der Waals surface area contributed by atoms with E-state index in [1.165, 1.54) is 0 Å². The molecule has 180 valence electrons. The number of rotatable bonds is 6. The molecule has 5 aromatic rings. The molecule has 0 bridgehead atoms. The lowest BCUT2D eigenvalue weighted by Gasteiger charge is -2.21. The zero-order chi connectivity index (χ0) is 24.9. The van der Waals surface area contributed by atoms with Gasteiger partial charge in [0.05, 0.1) is 36.9 Å². The number of aliphatic hydroxyl groups is 1. The molecule has 0 aliphatic heterocycles. The lowest BCUT2D eigenvalue weighted by molar-refractivity contribution is 0.271. The second-order valence-corrected chi connectivity index (χ2v) is 9.16. The maximum atomic E-state index is 13.4. The third kappa shape index (κ3) is 3.96. The highest BCUT2D eigenvalue weighted by molar-refractivity contribution is 6.29. The number of hydrogen-bond acceptors (Lipinski definition) is 6. The number of nitrogens with one attached hydrogen (secondary N) is 1. The van der Waals surface area contributed by atoms with Crippen molar-refractivity contribution in [2.24, 2.45) is 14.1 Å². The molecular formula is C25H26ClN7O2. The second kappa shape index (κ2) is 8.83.